The number of hydrogen-bond donors (Lipinski definition) is 1. The lowest BCUT2D eigenvalue weighted by Gasteiger charge is -2.41. The number of anilines is 1. The van der Waals surface area contributed by atoms with E-state index in [0.717, 1.165) is 16.7 Å². The minimum absolute atomic E-state index is 0.175. The van der Waals surface area contributed by atoms with Gasteiger partial charge in [0.15, 0.2) is 5.76 Å². The van der Waals surface area contributed by atoms with Crippen LogP contribution < -0.4 is 5.32 Å². The van der Waals surface area contributed by atoms with Crippen molar-refractivity contribution in [3.63, 3.8) is 0 Å². The van der Waals surface area contributed by atoms with Crippen LogP contribution in [0.1, 0.15) is 30.4 Å². The fraction of sp³-hybridized carbons (Fsp3) is 0.233. The summed E-state index contributed by atoms with van der Waals surface area (Å²) < 4.78 is 11.3. The van der Waals surface area contributed by atoms with Crippen molar-refractivity contribution >= 4 is 18.0 Å². The van der Waals surface area contributed by atoms with Gasteiger partial charge in [-0.15, -0.1) is 0 Å². The molecule has 4 aromatic rings. The molecule has 37 heavy (non-hydrogen) atoms. The Morgan fingerprint density at radius 3 is 2.19 bits per heavy atom. The van der Waals surface area contributed by atoms with Gasteiger partial charge < -0.3 is 14.1 Å². The first-order valence-electron chi connectivity index (χ1n) is 12.4. The van der Waals surface area contributed by atoms with E-state index in [1.165, 1.54) is 0 Å². The predicted octanol–water partition coefficient (Wildman–Crippen LogP) is 6.04. The first-order chi connectivity index (χ1) is 18.1. The lowest BCUT2D eigenvalue weighted by molar-refractivity contribution is -0.118. The van der Waals surface area contributed by atoms with Gasteiger partial charge >= 0.3 is 12.1 Å². The average molecular weight is 496 g/mol. The number of benzene rings is 3. The topological polar surface area (TPSA) is 84.7 Å². The van der Waals surface area contributed by atoms with Crippen LogP contribution >= 0.6 is 0 Å². The Hall–Kier alpha value is -4.39. The predicted molar refractivity (Wildman–Crippen MR) is 141 cm³/mol. The Kier molecular flexibility index (Phi) is 7.31. The number of rotatable bonds is 7. The SMILES string of the molecule is O=C(CC1(c2ccccc2)CCN(C(=O)OCc2ccccc2)CC1)Nc1ncc(-c2ccccc2)o1. The normalized spacial score (nSPS) is 14.6. The Labute approximate surface area is 216 Å². The fourth-order valence-corrected chi connectivity index (χ4v) is 4.83. The molecule has 1 saturated heterocycles. The van der Waals surface area contributed by atoms with Gasteiger partial charge in [0.05, 0.1) is 6.20 Å². The molecule has 0 unspecified atom stereocenters. The van der Waals surface area contributed by atoms with Crippen molar-refractivity contribution in [1.29, 1.82) is 0 Å². The first-order valence-corrected chi connectivity index (χ1v) is 12.4. The lowest BCUT2D eigenvalue weighted by Crippen LogP contribution is -2.46. The summed E-state index contributed by atoms with van der Waals surface area (Å²) in [6.07, 6.45) is 2.82. The van der Waals surface area contributed by atoms with Crippen molar-refractivity contribution in [2.45, 2.75) is 31.3 Å². The van der Waals surface area contributed by atoms with Gasteiger partial charge in [0.2, 0.25) is 5.91 Å². The number of carbonyl (C=O) groups is 2. The highest BCUT2D eigenvalue weighted by Gasteiger charge is 2.39. The minimum atomic E-state index is -0.406. The summed E-state index contributed by atoms with van der Waals surface area (Å²) in [6, 6.07) is 29.5. The molecule has 0 aliphatic carbocycles. The zero-order valence-electron chi connectivity index (χ0n) is 20.5. The Morgan fingerprint density at radius 1 is 0.892 bits per heavy atom. The van der Waals surface area contributed by atoms with E-state index in [1.54, 1.807) is 11.1 Å². The van der Waals surface area contributed by atoms with Crippen molar-refractivity contribution in [3.05, 3.63) is 108 Å². The summed E-state index contributed by atoms with van der Waals surface area (Å²) in [5.74, 6) is 0.418. The highest BCUT2D eigenvalue weighted by molar-refractivity contribution is 5.90. The quantitative estimate of drug-likeness (QED) is 0.338. The molecule has 188 valence electrons. The minimum Gasteiger partial charge on any atom is -0.445 e. The summed E-state index contributed by atoms with van der Waals surface area (Å²) in [7, 11) is 0. The molecular weight excluding hydrogens is 466 g/mol. The smallest absolute Gasteiger partial charge is 0.410 e. The Balaban J connectivity index is 1.23. The highest BCUT2D eigenvalue weighted by atomic mass is 16.6. The van der Waals surface area contributed by atoms with E-state index >= 15 is 0 Å². The molecule has 0 bridgehead atoms. The molecule has 1 aliphatic rings. The Morgan fingerprint density at radius 2 is 1.51 bits per heavy atom. The zero-order chi connectivity index (χ0) is 25.5. The second-order valence-corrected chi connectivity index (χ2v) is 9.29. The zero-order valence-corrected chi connectivity index (χ0v) is 20.5. The summed E-state index contributed by atoms with van der Waals surface area (Å²) >= 11 is 0. The van der Waals surface area contributed by atoms with Crippen LogP contribution in [-0.2, 0) is 21.6 Å². The standard InChI is InChI=1S/C30H29N3O4/c34-27(32-28-31-21-26(37-28)24-12-6-2-7-13-24)20-30(25-14-8-3-9-15-25)16-18-33(19-17-30)29(35)36-22-23-10-4-1-5-11-23/h1-15,21H,16-20,22H2,(H,31,32,34). The maximum Gasteiger partial charge on any atom is 0.410 e. The van der Waals surface area contributed by atoms with Gasteiger partial charge in [0.25, 0.3) is 0 Å². The fourth-order valence-electron chi connectivity index (χ4n) is 4.83. The van der Waals surface area contributed by atoms with Gasteiger partial charge in [0.1, 0.15) is 6.61 Å². The molecule has 0 atom stereocenters. The summed E-state index contributed by atoms with van der Waals surface area (Å²) in [5, 5.41) is 2.82. The molecular formula is C30H29N3O4. The number of aromatic nitrogens is 1. The van der Waals surface area contributed by atoms with Gasteiger partial charge in [-0.25, -0.2) is 9.78 Å². The van der Waals surface area contributed by atoms with Crippen LogP contribution in [0.25, 0.3) is 11.3 Å². The number of hydrogen-bond acceptors (Lipinski definition) is 5. The van der Waals surface area contributed by atoms with Gasteiger partial charge in [-0.1, -0.05) is 91.0 Å². The number of nitrogens with zero attached hydrogens (tertiary/aromatic N) is 2. The number of carbonyl (C=O) groups excluding carboxylic acids is 2. The number of piperidine rings is 1. The molecule has 0 saturated carbocycles. The summed E-state index contributed by atoms with van der Waals surface area (Å²) in [5.41, 5.74) is 2.52. The van der Waals surface area contributed by atoms with Crippen LogP contribution in [0.2, 0.25) is 0 Å². The van der Waals surface area contributed by atoms with Crippen molar-refractivity contribution in [1.82, 2.24) is 9.88 Å². The van der Waals surface area contributed by atoms with Crippen molar-refractivity contribution < 1.29 is 18.7 Å². The van der Waals surface area contributed by atoms with E-state index < -0.39 is 5.41 Å². The van der Waals surface area contributed by atoms with E-state index in [9.17, 15) is 9.59 Å². The third-order valence-corrected chi connectivity index (χ3v) is 6.88. The molecule has 1 aromatic heterocycles. The molecule has 0 spiro atoms. The second kappa shape index (κ2) is 11.1. The van der Waals surface area contributed by atoms with Crippen LogP contribution in [-0.4, -0.2) is 35.0 Å². The van der Waals surface area contributed by atoms with E-state index in [-0.39, 0.29) is 31.0 Å². The average Bonchev–Trinajstić information content (AvgIpc) is 3.42. The number of ether oxygens (including phenoxy) is 1. The molecule has 3 aromatic carbocycles. The molecule has 1 fully saturated rings. The molecule has 1 aliphatic heterocycles. The van der Waals surface area contributed by atoms with Crippen molar-refractivity contribution in [2.24, 2.45) is 0 Å². The lowest BCUT2D eigenvalue weighted by atomic mass is 9.70. The van der Waals surface area contributed by atoms with Crippen LogP contribution in [0.4, 0.5) is 10.8 Å². The van der Waals surface area contributed by atoms with E-state index in [1.807, 2.05) is 78.9 Å². The number of nitrogens with one attached hydrogen (secondary N) is 1. The van der Waals surface area contributed by atoms with Crippen molar-refractivity contribution in [2.75, 3.05) is 18.4 Å². The summed E-state index contributed by atoms with van der Waals surface area (Å²) in [4.78, 5) is 31.8. The maximum atomic E-state index is 13.2. The summed E-state index contributed by atoms with van der Waals surface area (Å²) in [6.45, 7) is 1.25. The highest BCUT2D eigenvalue weighted by Crippen LogP contribution is 2.39. The van der Waals surface area contributed by atoms with Gasteiger partial charge in [-0.3, -0.25) is 10.1 Å². The van der Waals surface area contributed by atoms with E-state index in [2.05, 4.69) is 22.4 Å². The maximum absolute atomic E-state index is 13.2. The van der Waals surface area contributed by atoms with Gasteiger partial charge in [0, 0.05) is 30.5 Å². The van der Waals surface area contributed by atoms with E-state index in [0.29, 0.717) is 31.7 Å². The van der Waals surface area contributed by atoms with Crippen LogP contribution in [0.15, 0.2) is 102 Å². The van der Waals surface area contributed by atoms with E-state index in [4.69, 9.17) is 9.15 Å². The van der Waals surface area contributed by atoms with Crippen molar-refractivity contribution in [3.8, 4) is 11.3 Å². The molecule has 5 rings (SSSR count). The second-order valence-electron chi connectivity index (χ2n) is 9.29. The molecule has 7 nitrogen and oxygen atoms in total. The number of oxazole rings is 1. The largest absolute Gasteiger partial charge is 0.445 e. The number of amides is 2. The van der Waals surface area contributed by atoms with Gasteiger partial charge in [-0.2, -0.15) is 0 Å². The molecule has 1 N–H and O–H groups in total. The first kappa shape index (κ1) is 24.3. The molecule has 2 amide bonds. The molecule has 7 heteroatoms. The Bertz CT molecular complexity index is 1310. The molecule has 0 radical (unpaired) electrons. The van der Waals surface area contributed by atoms with Crippen LogP contribution in [0.5, 0.6) is 0 Å². The van der Waals surface area contributed by atoms with Crippen LogP contribution in [0, 0.1) is 0 Å². The third kappa shape index (κ3) is 5.89. The monoisotopic (exact) mass is 495 g/mol. The number of likely N-dealkylation sites (tertiary alicyclic amines) is 1. The van der Waals surface area contributed by atoms with Gasteiger partial charge in [-0.05, 0) is 24.0 Å². The third-order valence-electron chi connectivity index (χ3n) is 6.88. The molecule has 2 heterocycles. The van der Waals surface area contributed by atoms with Crippen LogP contribution in [0.3, 0.4) is 0 Å².